The standard InChI is InChI=1S/C8H15NO2.ClH/c1-2-7-6(8(10)11)4-3-5-9-7;/h6-7,9H,2-5H2,1H3,(H,10,11);1H/t6-,7-;/m0./s1. The van der Waals surface area contributed by atoms with E-state index in [2.05, 4.69) is 5.32 Å². The fraction of sp³-hybridized carbons (Fsp3) is 0.875. The molecule has 3 nitrogen and oxygen atoms in total. The van der Waals surface area contributed by atoms with Gasteiger partial charge in [-0.25, -0.2) is 0 Å². The predicted octanol–water partition coefficient (Wildman–Crippen LogP) is 1.27. The van der Waals surface area contributed by atoms with Crippen molar-refractivity contribution in [1.29, 1.82) is 0 Å². The lowest BCUT2D eigenvalue weighted by Crippen LogP contribution is -2.44. The smallest absolute Gasteiger partial charge is 0.308 e. The molecular weight excluding hydrogens is 178 g/mol. The van der Waals surface area contributed by atoms with Gasteiger partial charge in [-0.1, -0.05) is 6.92 Å². The monoisotopic (exact) mass is 193 g/mol. The van der Waals surface area contributed by atoms with E-state index in [4.69, 9.17) is 5.11 Å². The Hall–Kier alpha value is -0.280. The average molecular weight is 194 g/mol. The molecule has 4 heteroatoms. The molecule has 72 valence electrons. The van der Waals surface area contributed by atoms with Crippen molar-refractivity contribution in [2.45, 2.75) is 32.2 Å². The zero-order chi connectivity index (χ0) is 8.27. The maximum absolute atomic E-state index is 10.7. The third kappa shape index (κ3) is 2.64. The van der Waals surface area contributed by atoms with Gasteiger partial charge in [0.15, 0.2) is 0 Å². The van der Waals surface area contributed by atoms with Gasteiger partial charge >= 0.3 is 5.97 Å². The Bertz CT molecular complexity index is 152. The number of nitrogens with one attached hydrogen (secondary N) is 1. The number of aliphatic carboxylic acids is 1. The second-order valence-corrected chi connectivity index (χ2v) is 3.06. The highest BCUT2D eigenvalue weighted by molar-refractivity contribution is 5.85. The Kier molecular flexibility index (Phi) is 5.25. The predicted molar refractivity (Wildman–Crippen MR) is 49.7 cm³/mol. The van der Waals surface area contributed by atoms with Crippen molar-refractivity contribution in [3.05, 3.63) is 0 Å². The van der Waals surface area contributed by atoms with Crippen molar-refractivity contribution in [2.75, 3.05) is 6.54 Å². The van der Waals surface area contributed by atoms with E-state index >= 15 is 0 Å². The molecule has 0 saturated carbocycles. The zero-order valence-corrected chi connectivity index (χ0v) is 8.06. The van der Waals surface area contributed by atoms with E-state index < -0.39 is 5.97 Å². The van der Waals surface area contributed by atoms with Crippen molar-refractivity contribution < 1.29 is 9.90 Å². The third-order valence-electron chi connectivity index (χ3n) is 2.34. The summed E-state index contributed by atoms with van der Waals surface area (Å²) in [5.74, 6) is -0.808. The second-order valence-electron chi connectivity index (χ2n) is 3.06. The van der Waals surface area contributed by atoms with Crippen LogP contribution in [0.2, 0.25) is 0 Å². The molecule has 1 heterocycles. The van der Waals surface area contributed by atoms with Crippen molar-refractivity contribution >= 4 is 18.4 Å². The van der Waals surface area contributed by atoms with Gasteiger partial charge in [0, 0.05) is 6.04 Å². The normalized spacial score (nSPS) is 29.1. The van der Waals surface area contributed by atoms with Crippen LogP contribution in [0, 0.1) is 5.92 Å². The number of piperidine rings is 1. The van der Waals surface area contributed by atoms with Crippen molar-refractivity contribution in [3.8, 4) is 0 Å². The number of carboxylic acids is 1. The lowest BCUT2D eigenvalue weighted by atomic mass is 9.89. The number of hydrogen-bond donors (Lipinski definition) is 2. The fourth-order valence-corrected chi connectivity index (χ4v) is 1.68. The van der Waals surface area contributed by atoms with Gasteiger partial charge in [-0.05, 0) is 25.8 Å². The Morgan fingerprint density at radius 1 is 1.67 bits per heavy atom. The van der Waals surface area contributed by atoms with Crippen LogP contribution in [0.25, 0.3) is 0 Å². The number of halogens is 1. The summed E-state index contributed by atoms with van der Waals surface area (Å²) < 4.78 is 0. The molecule has 1 aliphatic rings. The Balaban J connectivity index is 0.00000121. The zero-order valence-electron chi connectivity index (χ0n) is 7.25. The lowest BCUT2D eigenvalue weighted by molar-refractivity contribution is -0.143. The van der Waals surface area contributed by atoms with Crippen LogP contribution in [0.15, 0.2) is 0 Å². The number of rotatable bonds is 2. The molecule has 0 aromatic carbocycles. The van der Waals surface area contributed by atoms with Crippen molar-refractivity contribution in [2.24, 2.45) is 5.92 Å². The fourth-order valence-electron chi connectivity index (χ4n) is 1.68. The highest BCUT2D eigenvalue weighted by Gasteiger charge is 2.28. The van der Waals surface area contributed by atoms with Gasteiger partial charge in [0.1, 0.15) is 0 Å². The quantitative estimate of drug-likeness (QED) is 0.695. The summed E-state index contributed by atoms with van der Waals surface area (Å²) in [6.45, 7) is 3.00. The molecule has 1 saturated heterocycles. The Labute approximate surface area is 78.9 Å². The molecule has 0 aliphatic carbocycles. The number of hydrogen-bond acceptors (Lipinski definition) is 2. The third-order valence-corrected chi connectivity index (χ3v) is 2.34. The Morgan fingerprint density at radius 3 is 2.75 bits per heavy atom. The van der Waals surface area contributed by atoms with Crippen LogP contribution in [-0.2, 0) is 4.79 Å². The molecule has 12 heavy (non-hydrogen) atoms. The molecule has 2 N–H and O–H groups in total. The van der Waals surface area contributed by atoms with Gasteiger partial charge in [-0.3, -0.25) is 4.79 Å². The minimum absolute atomic E-state index is 0. The molecule has 0 aromatic rings. The highest BCUT2D eigenvalue weighted by atomic mass is 35.5. The van der Waals surface area contributed by atoms with Gasteiger partial charge < -0.3 is 10.4 Å². The average Bonchev–Trinajstić information content (AvgIpc) is 2.04. The minimum Gasteiger partial charge on any atom is -0.481 e. The molecule has 0 unspecified atom stereocenters. The molecule has 1 fully saturated rings. The van der Waals surface area contributed by atoms with Crippen LogP contribution in [-0.4, -0.2) is 23.7 Å². The largest absolute Gasteiger partial charge is 0.481 e. The maximum Gasteiger partial charge on any atom is 0.308 e. The van der Waals surface area contributed by atoms with Crippen LogP contribution in [0.1, 0.15) is 26.2 Å². The highest BCUT2D eigenvalue weighted by Crippen LogP contribution is 2.18. The molecule has 1 rings (SSSR count). The molecule has 0 bridgehead atoms. The number of carboxylic acid groups (broad SMARTS) is 1. The van der Waals surface area contributed by atoms with Crippen LogP contribution in [0.5, 0.6) is 0 Å². The van der Waals surface area contributed by atoms with E-state index in [1.165, 1.54) is 0 Å². The summed E-state index contributed by atoms with van der Waals surface area (Å²) >= 11 is 0. The molecule has 0 radical (unpaired) electrons. The van der Waals surface area contributed by atoms with Gasteiger partial charge in [0.25, 0.3) is 0 Å². The number of carbonyl (C=O) groups is 1. The van der Waals surface area contributed by atoms with E-state index in [-0.39, 0.29) is 24.4 Å². The molecule has 2 atom stereocenters. The van der Waals surface area contributed by atoms with Gasteiger partial charge in [0.2, 0.25) is 0 Å². The summed E-state index contributed by atoms with van der Waals surface area (Å²) in [7, 11) is 0. The minimum atomic E-state index is -0.649. The van der Waals surface area contributed by atoms with Gasteiger partial charge in [-0.2, -0.15) is 0 Å². The first-order chi connectivity index (χ1) is 5.25. The van der Waals surface area contributed by atoms with Crippen molar-refractivity contribution in [3.63, 3.8) is 0 Å². The first-order valence-corrected chi connectivity index (χ1v) is 4.22. The first kappa shape index (κ1) is 11.7. The molecule has 0 amide bonds. The maximum atomic E-state index is 10.7. The van der Waals surface area contributed by atoms with Crippen LogP contribution in [0.3, 0.4) is 0 Å². The van der Waals surface area contributed by atoms with E-state index in [0.717, 1.165) is 25.8 Å². The summed E-state index contributed by atoms with van der Waals surface area (Å²) in [6, 6.07) is 0.196. The first-order valence-electron chi connectivity index (χ1n) is 4.22. The summed E-state index contributed by atoms with van der Waals surface area (Å²) in [5.41, 5.74) is 0. The van der Waals surface area contributed by atoms with E-state index in [9.17, 15) is 4.79 Å². The topological polar surface area (TPSA) is 49.3 Å². The summed E-state index contributed by atoms with van der Waals surface area (Å²) in [6.07, 6.45) is 2.74. The van der Waals surface area contributed by atoms with Gasteiger partial charge in [0.05, 0.1) is 5.92 Å². The van der Waals surface area contributed by atoms with E-state index in [0.29, 0.717) is 0 Å². The second kappa shape index (κ2) is 5.38. The molecular formula is C8H16ClNO2. The lowest BCUT2D eigenvalue weighted by Gasteiger charge is -2.28. The van der Waals surface area contributed by atoms with Gasteiger partial charge in [-0.15, -0.1) is 12.4 Å². The summed E-state index contributed by atoms with van der Waals surface area (Å²) in [4.78, 5) is 10.7. The van der Waals surface area contributed by atoms with Crippen LogP contribution >= 0.6 is 12.4 Å². The molecule has 1 aliphatic heterocycles. The molecule has 0 aromatic heterocycles. The molecule has 0 spiro atoms. The Morgan fingerprint density at radius 2 is 2.33 bits per heavy atom. The van der Waals surface area contributed by atoms with E-state index in [1.807, 2.05) is 6.92 Å². The van der Waals surface area contributed by atoms with Crippen LogP contribution in [0.4, 0.5) is 0 Å². The SMILES string of the molecule is CC[C@@H]1NCCC[C@@H]1C(=O)O.Cl. The van der Waals surface area contributed by atoms with Crippen molar-refractivity contribution in [1.82, 2.24) is 5.32 Å². The van der Waals surface area contributed by atoms with Crippen LogP contribution < -0.4 is 5.32 Å². The van der Waals surface area contributed by atoms with E-state index in [1.54, 1.807) is 0 Å². The summed E-state index contributed by atoms with van der Waals surface area (Å²) in [5, 5.41) is 12.0.